The van der Waals surface area contributed by atoms with Gasteiger partial charge in [-0.1, -0.05) is 57.2 Å². The van der Waals surface area contributed by atoms with Gasteiger partial charge in [0.2, 0.25) is 11.8 Å². The Balaban J connectivity index is 1.98. The third-order valence-electron chi connectivity index (χ3n) is 5.79. The van der Waals surface area contributed by atoms with Crippen LogP contribution < -0.4 is 4.74 Å². The molecule has 0 saturated heterocycles. The summed E-state index contributed by atoms with van der Waals surface area (Å²) < 4.78 is 18.7. The van der Waals surface area contributed by atoms with Gasteiger partial charge in [0.15, 0.2) is 0 Å². The fourth-order valence-electron chi connectivity index (χ4n) is 4.00. The van der Waals surface area contributed by atoms with E-state index in [-0.39, 0.29) is 29.1 Å². The zero-order valence-corrected chi connectivity index (χ0v) is 20.0. The minimum Gasteiger partial charge on any atom is -0.497 e. The lowest BCUT2D eigenvalue weighted by Gasteiger charge is -2.39. The first kappa shape index (κ1) is 24.5. The maximum absolute atomic E-state index is 13.8. The summed E-state index contributed by atoms with van der Waals surface area (Å²) >= 11 is 0. The Morgan fingerprint density at radius 3 is 2.30 bits per heavy atom. The van der Waals surface area contributed by atoms with E-state index in [9.17, 15) is 14.0 Å². The van der Waals surface area contributed by atoms with Crippen LogP contribution in [0.4, 0.5) is 4.39 Å². The van der Waals surface area contributed by atoms with E-state index in [1.54, 1.807) is 36.0 Å². The molecule has 2 aromatic rings. The highest BCUT2D eigenvalue weighted by molar-refractivity contribution is 5.88. The summed E-state index contributed by atoms with van der Waals surface area (Å²) in [7, 11) is 1.61. The van der Waals surface area contributed by atoms with Crippen molar-refractivity contribution in [2.45, 2.75) is 52.7 Å². The van der Waals surface area contributed by atoms with Gasteiger partial charge >= 0.3 is 0 Å². The van der Waals surface area contributed by atoms with Crippen LogP contribution in [-0.4, -0.2) is 41.3 Å². The van der Waals surface area contributed by atoms with E-state index in [0.717, 1.165) is 16.9 Å². The van der Waals surface area contributed by atoms with E-state index < -0.39 is 6.04 Å². The first-order valence-electron chi connectivity index (χ1n) is 11.2. The Hall–Kier alpha value is -3.15. The maximum atomic E-state index is 13.8. The summed E-state index contributed by atoms with van der Waals surface area (Å²) in [6.07, 6.45) is 4.28. The Morgan fingerprint density at radius 2 is 1.73 bits per heavy atom. The van der Waals surface area contributed by atoms with Gasteiger partial charge < -0.3 is 14.5 Å². The standard InChI is InChI=1S/C27H33FN2O3/c1-19-26(32)30(18-20-8-12-22(28)13-9-20)24(21-10-14-23(33-5)15-11-21)7-6-16-29(19)25(31)17-27(2,3)4/h6-15,19,24H,16-18H2,1-5H3/b7-6-/t19-,24+/m0/s1. The molecule has 0 bridgehead atoms. The number of carbonyl (C=O) groups excluding carboxylic acids is 2. The van der Waals surface area contributed by atoms with E-state index in [2.05, 4.69) is 0 Å². The number of hydrogen-bond acceptors (Lipinski definition) is 3. The average Bonchev–Trinajstić information content (AvgIpc) is 2.76. The largest absolute Gasteiger partial charge is 0.497 e. The summed E-state index contributed by atoms with van der Waals surface area (Å²) in [6, 6.07) is 12.8. The molecule has 1 heterocycles. The Labute approximate surface area is 195 Å². The van der Waals surface area contributed by atoms with Crippen LogP contribution in [0.5, 0.6) is 5.75 Å². The van der Waals surface area contributed by atoms with E-state index in [4.69, 9.17) is 4.74 Å². The summed E-state index contributed by atoms with van der Waals surface area (Å²) in [6.45, 7) is 8.49. The Morgan fingerprint density at radius 1 is 1.09 bits per heavy atom. The average molecular weight is 453 g/mol. The predicted molar refractivity (Wildman–Crippen MR) is 127 cm³/mol. The summed E-state index contributed by atoms with van der Waals surface area (Å²) in [5, 5.41) is 0. The van der Waals surface area contributed by atoms with Crippen LogP contribution in [0.2, 0.25) is 0 Å². The van der Waals surface area contributed by atoms with E-state index in [1.807, 2.05) is 57.2 Å². The van der Waals surface area contributed by atoms with Gasteiger partial charge in [-0.05, 0) is 47.7 Å². The summed E-state index contributed by atoms with van der Waals surface area (Å²) in [5.74, 6) is 0.221. The molecule has 0 aliphatic carbocycles. The molecule has 0 fully saturated rings. The topological polar surface area (TPSA) is 49.9 Å². The molecule has 0 radical (unpaired) electrons. The number of methoxy groups -OCH3 is 1. The molecule has 176 valence electrons. The normalized spacial score (nSPS) is 20.2. The molecule has 1 aliphatic heterocycles. The molecular weight excluding hydrogens is 419 g/mol. The van der Waals surface area contributed by atoms with Crippen LogP contribution in [0.15, 0.2) is 60.7 Å². The molecule has 3 rings (SSSR count). The monoisotopic (exact) mass is 452 g/mol. The van der Waals surface area contributed by atoms with Crippen LogP contribution in [0.25, 0.3) is 0 Å². The SMILES string of the molecule is COc1ccc([C@H]2/C=C\CN(C(=O)CC(C)(C)C)[C@@H](C)C(=O)N2Cc2ccc(F)cc2)cc1. The Bertz CT molecular complexity index is 994. The minimum absolute atomic E-state index is 0.0439. The second-order valence-corrected chi connectivity index (χ2v) is 9.70. The van der Waals surface area contributed by atoms with E-state index >= 15 is 0 Å². The molecule has 6 heteroatoms. The number of ether oxygens (including phenoxy) is 1. The number of hydrogen-bond donors (Lipinski definition) is 0. The van der Waals surface area contributed by atoms with Crippen LogP contribution >= 0.6 is 0 Å². The van der Waals surface area contributed by atoms with Gasteiger partial charge in [-0.3, -0.25) is 9.59 Å². The van der Waals surface area contributed by atoms with Crippen molar-refractivity contribution in [1.82, 2.24) is 9.80 Å². The lowest BCUT2D eigenvalue weighted by atomic mass is 9.91. The lowest BCUT2D eigenvalue weighted by molar-refractivity contribution is -0.147. The molecule has 0 N–H and O–H groups in total. The molecule has 5 nitrogen and oxygen atoms in total. The minimum atomic E-state index is -0.619. The van der Waals surface area contributed by atoms with Crippen molar-refractivity contribution >= 4 is 11.8 Å². The van der Waals surface area contributed by atoms with Crippen molar-refractivity contribution < 1.29 is 18.7 Å². The molecule has 2 amide bonds. The quantitative estimate of drug-likeness (QED) is 0.591. The molecule has 0 unspecified atom stereocenters. The fraction of sp³-hybridized carbons (Fsp3) is 0.407. The maximum Gasteiger partial charge on any atom is 0.246 e. The van der Waals surface area contributed by atoms with Crippen molar-refractivity contribution in [3.8, 4) is 5.75 Å². The molecule has 0 saturated carbocycles. The summed E-state index contributed by atoms with van der Waals surface area (Å²) in [5.41, 5.74) is 1.58. The molecule has 2 aromatic carbocycles. The molecule has 0 aromatic heterocycles. The van der Waals surface area contributed by atoms with Gasteiger partial charge in [0.25, 0.3) is 0 Å². The lowest BCUT2D eigenvalue weighted by Crippen LogP contribution is -2.51. The number of carbonyl (C=O) groups is 2. The van der Waals surface area contributed by atoms with Crippen molar-refractivity contribution in [2.24, 2.45) is 5.41 Å². The first-order chi connectivity index (χ1) is 15.6. The number of nitrogens with zero attached hydrogens (tertiary/aromatic N) is 2. The molecular formula is C27H33FN2O3. The van der Waals surface area contributed by atoms with Crippen molar-refractivity contribution in [3.63, 3.8) is 0 Å². The van der Waals surface area contributed by atoms with Gasteiger partial charge in [0.1, 0.15) is 17.6 Å². The van der Waals surface area contributed by atoms with Crippen molar-refractivity contribution in [2.75, 3.05) is 13.7 Å². The third-order valence-corrected chi connectivity index (χ3v) is 5.79. The molecule has 0 spiro atoms. The highest BCUT2D eigenvalue weighted by Crippen LogP contribution is 2.30. The van der Waals surface area contributed by atoms with Gasteiger partial charge in [-0.15, -0.1) is 0 Å². The zero-order valence-electron chi connectivity index (χ0n) is 20.0. The van der Waals surface area contributed by atoms with Gasteiger partial charge in [-0.25, -0.2) is 4.39 Å². The highest BCUT2D eigenvalue weighted by Gasteiger charge is 2.35. The third kappa shape index (κ3) is 6.21. The number of benzene rings is 2. The van der Waals surface area contributed by atoms with Crippen LogP contribution in [-0.2, 0) is 16.1 Å². The van der Waals surface area contributed by atoms with E-state index in [1.165, 1.54) is 12.1 Å². The van der Waals surface area contributed by atoms with Gasteiger partial charge in [0, 0.05) is 19.5 Å². The molecule has 33 heavy (non-hydrogen) atoms. The van der Waals surface area contributed by atoms with Gasteiger partial charge in [0.05, 0.1) is 13.2 Å². The molecule has 2 atom stereocenters. The summed E-state index contributed by atoms with van der Waals surface area (Å²) in [4.78, 5) is 30.2. The highest BCUT2D eigenvalue weighted by atomic mass is 19.1. The van der Waals surface area contributed by atoms with Crippen molar-refractivity contribution in [1.29, 1.82) is 0 Å². The zero-order chi connectivity index (χ0) is 24.2. The second-order valence-electron chi connectivity index (χ2n) is 9.70. The fourth-order valence-corrected chi connectivity index (χ4v) is 4.00. The van der Waals surface area contributed by atoms with Crippen LogP contribution in [0.3, 0.4) is 0 Å². The first-order valence-corrected chi connectivity index (χ1v) is 11.2. The number of rotatable bonds is 5. The van der Waals surface area contributed by atoms with Gasteiger partial charge in [-0.2, -0.15) is 0 Å². The van der Waals surface area contributed by atoms with Crippen LogP contribution in [0.1, 0.15) is 51.3 Å². The second kappa shape index (κ2) is 10.2. The molecule has 1 aliphatic rings. The Kier molecular flexibility index (Phi) is 7.57. The van der Waals surface area contributed by atoms with Crippen LogP contribution in [0, 0.1) is 11.2 Å². The number of halogens is 1. The van der Waals surface area contributed by atoms with Crippen molar-refractivity contribution in [3.05, 3.63) is 77.6 Å². The number of amides is 2. The predicted octanol–water partition coefficient (Wildman–Crippen LogP) is 5.13. The smallest absolute Gasteiger partial charge is 0.246 e. The van der Waals surface area contributed by atoms with E-state index in [0.29, 0.717) is 19.5 Å².